The summed E-state index contributed by atoms with van der Waals surface area (Å²) in [6, 6.07) is 11.1. The molecule has 2 heterocycles. The van der Waals surface area contributed by atoms with E-state index in [1.807, 2.05) is 11.3 Å². The standard InChI is InChI=1S/C17H21BrN2S/c1-13-17(18)10-16(21-13)11-19-15-6-4-14(5-7-15)12-20-8-2-3-9-20/h4-7,10,19H,2-3,8-9,11-12H2,1H3. The molecule has 0 atom stereocenters. The number of hydrogen-bond acceptors (Lipinski definition) is 3. The SMILES string of the molecule is Cc1sc(CNc2ccc(CN3CCCC3)cc2)cc1Br. The molecular weight excluding hydrogens is 344 g/mol. The topological polar surface area (TPSA) is 15.3 Å². The summed E-state index contributed by atoms with van der Waals surface area (Å²) >= 11 is 5.41. The van der Waals surface area contributed by atoms with Gasteiger partial charge in [-0.3, -0.25) is 4.90 Å². The fourth-order valence-corrected chi connectivity index (χ4v) is 4.26. The molecule has 1 fully saturated rings. The maximum absolute atomic E-state index is 3.57. The summed E-state index contributed by atoms with van der Waals surface area (Å²) in [4.78, 5) is 5.24. The lowest BCUT2D eigenvalue weighted by molar-refractivity contribution is 0.331. The third-order valence-electron chi connectivity index (χ3n) is 3.93. The van der Waals surface area contributed by atoms with Gasteiger partial charge in [-0.1, -0.05) is 12.1 Å². The van der Waals surface area contributed by atoms with Crippen molar-refractivity contribution < 1.29 is 0 Å². The first kappa shape index (κ1) is 15.1. The molecule has 1 N–H and O–H groups in total. The molecule has 0 unspecified atom stereocenters. The highest BCUT2D eigenvalue weighted by Crippen LogP contribution is 2.27. The van der Waals surface area contributed by atoms with Gasteiger partial charge in [0.05, 0.1) is 0 Å². The predicted octanol–water partition coefficient (Wildman–Crippen LogP) is 5.03. The maximum atomic E-state index is 3.57. The number of nitrogens with zero attached hydrogens (tertiary/aromatic N) is 1. The lowest BCUT2D eigenvalue weighted by Crippen LogP contribution is -2.18. The van der Waals surface area contributed by atoms with Gasteiger partial charge < -0.3 is 5.32 Å². The predicted molar refractivity (Wildman–Crippen MR) is 95.0 cm³/mol. The fourth-order valence-electron chi connectivity index (χ4n) is 2.72. The Labute approximate surface area is 139 Å². The van der Waals surface area contributed by atoms with Crippen molar-refractivity contribution in [2.45, 2.75) is 32.9 Å². The number of likely N-dealkylation sites (tertiary alicyclic amines) is 1. The number of anilines is 1. The van der Waals surface area contributed by atoms with Crippen molar-refractivity contribution >= 4 is 33.0 Å². The highest BCUT2D eigenvalue weighted by Gasteiger charge is 2.11. The van der Waals surface area contributed by atoms with Crippen LogP contribution < -0.4 is 5.32 Å². The van der Waals surface area contributed by atoms with Crippen LogP contribution in [0.4, 0.5) is 5.69 Å². The van der Waals surface area contributed by atoms with Gasteiger partial charge in [0.25, 0.3) is 0 Å². The van der Waals surface area contributed by atoms with E-state index in [0.29, 0.717) is 0 Å². The molecule has 1 aliphatic rings. The first-order chi connectivity index (χ1) is 10.2. The van der Waals surface area contributed by atoms with E-state index in [4.69, 9.17) is 0 Å². The number of rotatable bonds is 5. The monoisotopic (exact) mass is 364 g/mol. The fraction of sp³-hybridized carbons (Fsp3) is 0.412. The van der Waals surface area contributed by atoms with Crippen molar-refractivity contribution in [1.29, 1.82) is 0 Å². The molecule has 0 radical (unpaired) electrons. The van der Waals surface area contributed by atoms with Crippen molar-refractivity contribution in [3.05, 3.63) is 50.1 Å². The molecule has 3 rings (SSSR count). The van der Waals surface area contributed by atoms with Crippen molar-refractivity contribution in [3.63, 3.8) is 0 Å². The third kappa shape index (κ3) is 4.09. The zero-order valence-electron chi connectivity index (χ0n) is 12.4. The second-order valence-electron chi connectivity index (χ2n) is 5.65. The lowest BCUT2D eigenvalue weighted by Gasteiger charge is -2.14. The Morgan fingerprint density at radius 3 is 2.52 bits per heavy atom. The smallest absolute Gasteiger partial charge is 0.0494 e. The van der Waals surface area contributed by atoms with E-state index >= 15 is 0 Å². The van der Waals surface area contributed by atoms with Gasteiger partial charge in [-0.2, -0.15) is 0 Å². The van der Waals surface area contributed by atoms with Crippen LogP contribution >= 0.6 is 27.3 Å². The second-order valence-corrected chi connectivity index (χ2v) is 7.85. The van der Waals surface area contributed by atoms with E-state index < -0.39 is 0 Å². The van der Waals surface area contributed by atoms with E-state index in [9.17, 15) is 0 Å². The molecule has 0 aliphatic carbocycles. The zero-order chi connectivity index (χ0) is 14.7. The molecular formula is C17H21BrN2S. The largest absolute Gasteiger partial charge is 0.380 e. The molecule has 2 aromatic rings. The lowest BCUT2D eigenvalue weighted by atomic mass is 10.2. The van der Waals surface area contributed by atoms with Gasteiger partial charge in [-0.15, -0.1) is 11.3 Å². The highest BCUT2D eigenvalue weighted by molar-refractivity contribution is 9.10. The minimum Gasteiger partial charge on any atom is -0.380 e. The number of halogens is 1. The van der Waals surface area contributed by atoms with Crippen LogP contribution in [0.25, 0.3) is 0 Å². The molecule has 4 heteroatoms. The van der Waals surface area contributed by atoms with E-state index in [1.54, 1.807) is 0 Å². The Morgan fingerprint density at radius 1 is 1.19 bits per heavy atom. The molecule has 0 spiro atoms. The minimum atomic E-state index is 0.891. The highest BCUT2D eigenvalue weighted by atomic mass is 79.9. The third-order valence-corrected chi connectivity index (χ3v) is 6.07. The average molecular weight is 365 g/mol. The molecule has 0 amide bonds. The van der Waals surface area contributed by atoms with E-state index in [0.717, 1.165) is 13.1 Å². The van der Waals surface area contributed by atoms with E-state index in [1.165, 1.54) is 51.4 Å². The summed E-state index contributed by atoms with van der Waals surface area (Å²) in [5.74, 6) is 0. The van der Waals surface area contributed by atoms with Crippen LogP contribution in [0, 0.1) is 6.92 Å². The Bertz CT molecular complexity index is 566. The molecule has 1 saturated heterocycles. The summed E-state index contributed by atoms with van der Waals surface area (Å²) in [5, 5.41) is 3.50. The Hall–Kier alpha value is -0.840. The average Bonchev–Trinajstić information content (AvgIpc) is 3.09. The molecule has 1 aliphatic heterocycles. The van der Waals surface area contributed by atoms with Crippen LogP contribution in [0.1, 0.15) is 28.2 Å². The van der Waals surface area contributed by atoms with Gasteiger partial charge >= 0.3 is 0 Å². The van der Waals surface area contributed by atoms with Crippen LogP contribution in [0.2, 0.25) is 0 Å². The number of hydrogen-bond donors (Lipinski definition) is 1. The normalized spacial score (nSPS) is 15.5. The van der Waals surface area contributed by atoms with Gasteiger partial charge in [0.15, 0.2) is 0 Å². The van der Waals surface area contributed by atoms with E-state index in [2.05, 4.69) is 63.4 Å². The molecule has 1 aromatic carbocycles. The van der Waals surface area contributed by atoms with Crippen LogP contribution in [-0.4, -0.2) is 18.0 Å². The number of aryl methyl sites for hydroxylation is 1. The van der Waals surface area contributed by atoms with Gasteiger partial charge in [-0.25, -0.2) is 0 Å². The van der Waals surface area contributed by atoms with Gasteiger partial charge in [0.2, 0.25) is 0 Å². The molecule has 21 heavy (non-hydrogen) atoms. The molecule has 0 bridgehead atoms. The first-order valence-corrected chi connectivity index (χ1v) is 9.11. The van der Waals surface area contributed by atoms with Crippen molar-refractivity contribution in [3.8, 4) is 0 Å². The molecule has 2 nitrogen and oxygen atoms in total. The molecule has 0 saturated carbocycles. The molecule has 1 aromatic heterocycles. The van der Waals surface area contributed by atoms with Crippen LogP contribution in [-0.2, 0) is 13.1 Å². The van der Waals surface area contributed by atoms with Gasteiger partial charge in [-0.05, 0) is 72.5 Å². The summed E-state index contributed by atoms with van der Waals surface area (Å²) in [6.07, 6.45) is 2.71. The first-order valence-electron chi connectivity index (χ1n) is 7.51. The number of benzene rings is 1. The Balaban J connectivity index is 1.54. The number of thiophene rings is 1. The van der Waals surface area contributed by atoms with E-state index in [-0.39, 0.29) is 0 Å². The van der Waals surface area contributed by atoms with Crippen molar-refractivity contribution in [2.24, 2.45) is 0 Å². The second kappa shape index (κ2) is 6.95. The summed E-state index contributed by atoms with van der Waals surface area (Å²) in [6.45, 7) is 6.64. The van der Waals surface area contributed by atoms with Crippen molar-refractivity contribution in [1.82, 2.24) is 4.90 Å². The van der Waals surface area contributed by atoms with Crippen molar-refractivity contribution in [2.75, 3.05) is 18.4 Å². The molecule has 112 valence electrons. The Kier molecular flexibility index (Phi) is 4.99. The van der Waals surface area contributed by atoms with Crippen LogP contribution in [0.15, 0.2) is 34.8 Å². The van der Waals surface area contributed by atoms with Gasteiger partial charge in [0.1, 0.15) is 0 Å². The van der Waals surface area contributed by atoms with Crippen LogP contribution in [0.3, 0.4) is 0 Å². The minimum absolute atomic E-state index is 0.891. The van der Waals surface area contributed by atoms with Crippen LogP contribution in [0.5, 0.6) is 0 Å². The quantitative estimate of drug-likeness (QED) is 0.800. The summed E-state index contributed by atoms with van der Waals surface area (Å²) in [7, 11) is 0. The number of nitrogens with one attached hydrogen (secondary N) is 1. The maximum Gasteiger partial charge on any atom is 0.0494 e. The van der Waals surface area contributed by atoms with Gasteiger partial charge in [0, 0.05) is 33.0 Å². The zero-order valence-corrected chi connectivity index (χ0v) is 14.8. The summed E-state index contributed by atoms with van der Waals surface area (Å²) < 4.78 is 1.21. The Morgan fingerprint density at radius 2 is 1.90 bits per heavy atom. The summed E-state index contributed by atoms with van der Waals surface area (Å²) in [5.41, 5.74) is 2.61.